The second kappa shape index (κ2) is 6.55. The number of hydrogen-bond acceptors (Lipinski definition) is 2. The van der Waals surface area contributed by atoms with Gasteiger partial charge in [0.05, 0.1) is 6.10 Å². The fourth-order valence-electron chi connectivity index (χ4n) is 2.77. The van der Waals surface area contributed by atoms with Crippen molar-refractivity contribution in [1.29, 1.82) is 0 Å². The molecule has 3 atom stereocenters. The Morgan fingerprint density at radius 3 is 2.94 bits per heavy atom. The Labute approximate surface area is 114 Å². The van der Waals surface area contributed by atoms with E-state index in [4.69, 9.17) is 11.6 Å². The van der Waals surface area contributed by atoms with Crippen LogP contribution in [0, 0.1) is 0 Å². The molecular formula is C15H22ClNO. The number of nitrogens with one attached hydrogen (secondary N) is 1. The van der Waals surface area contributed by atoms with Crippen molar-refractivity contribution >= 4 is 11.6 Å². The molecule has 0 bridgehead atoms. The van der Waals surface area contributed by atoms with Gasteiger partial charge in [-0.25, -0.2) is 0 Å². The van der Waals surface area contributed by atoms with E-state index in [2.05, 4.69) is 18.3 Å². The first-order valence-corrected chi connectivity index (χ1v) is 7.26. The topological polar surface area (TPSA) is 32.3 Å². The van der Waals surface area contributed by atoms with Gasteiger partial charge in [-0.05, 0) is 49.8 Å². The van der Waals surface area contributed by atoms with E-state index in [0.29, 0.717) is 12.1 Å². The molecule has 3 unspecified atom stereocenters. The van der Waals surface area contributed by atoms with Crippen molar-refractivity contribution in [3.63, 3.8) is 0 Å². The van der Waals surface area contributed by atoms with Crippen molar-refractivity contribution in [1.82, 2.24) is 5.32 Å². The number of hydrogen-bond donors (Lipinski definition) is 2. The van der Waals surface area contributed by atoms with E-state index in [1.165, 1.54) is 5.56 Å². The smallest absolute Gasteiger partial charge is 0.0555 e. The lowest BCUT2D eigenvalue weighted by Crippen LogP contribution is -2.38. The fraction of sp³-hybridized carbons (Fsp3) is 0.600. The predicted octanol–water partition coefficient (Wildman–Crippen LogP) is 3.68. The molecular weight excluding hydrogens is 246 g/mol. The zero-order chi connectivity index (χ0) is 13.0. The first-order valence-electron chi connectivity index (χ1n) is 6.88. The van der Waals surface area contributed by atoms with Gasteiger partial charge in [0.1, 0.15) is 0 Å². The summed E-state index contributed by atoms with van der Waals surface area (Å²) in [7, 11) is 0. The first kappa shape index (κ1) is 13.9. The zero-order valence-corrected chi connectivity index (χ0v) is 11.7. The van der Waals surface area contributed by atoms with Crippen LogP contribution in [-0.4, -0.2) is 17.3 Å². The molecule has 1 aliphatic rings. The molecule has 2 nitrogen and oxygen atoms in total. The highest BCUT2D eigenvalue weighted by atomic mass is 35.5. The van der Waals surface area contributed by atoms with Crippen LogP contribution in [0.2, 0.25) is 5.02 Å². The second-order valence-corrected chi connectivity index (χ2v) is 5.64. The van der Waals surface area contributed by atoms with Gasteiger partial charge in [0.25, 0.3) is 0 Å². The molecule has 0 aliphatic heterocycles. The summed E-state index contributed by atoms with van der Waals surface area (Å²) >= 11 is 6.04. The van der Waals surface area contributed by atoms with Crippen LogP contribution < -0.4 is 5.32 Å². The van der Waals surface area contributed by atoms with Crippen LogP contribution in [0.4, 0.5) is 0 Å². The summed E-state index contributed by atoms with van der Waals surface area (Å²) in [5.74, 6) is 0. The van der Waals surface area contributed by atoms with Crippen molar-refractivity contribution in [2.45, 2.75) is 57.2 Å². The van der Waals surface area contributed by atoms with Gasteiger partial charge >= 0.3 is 0 Å². The van der Waals surface area contributed by atoms with Gasteiger partial charge in [0.15, 0.2) is 0 Å². The maximum absolute atomic E-state index is 9.72. The van der Waals surface area contributed by atoms with E-state index >= 15 is 0 Å². The van der Waals surface area contributed by atoms with Crippen LogP contribution in [0.1, 0.15) is 50.6 Å². The molecule has 1 saturated carbocycles. The van der Waals surface area contributed by atoms with Crippen molar-refractivity contribution in [3.05, 3.63) is 34.9 Å². The number of aliphatic hydroxyl groups excluding tert-OH is 1. The SMILES string of the molecule is CCC(NC1CCCC(O)C1)c1cccc(Cl)c1. The lowest BCUT2D eigenvalue weighted by atomic mass is 9.91. The lowest BCUT2D eigenvalue weighted by molar-refractivity contribution is 0.108. The highest BCUT2D eigenvalue weighted by molar-refractivity contribution is 6.30. The maximum atomic E-state index is 9.72. The molecule has 1 aromatic carbocycles. The van der Waals surface area contributed by atoms with E-state index < -0.39 is 0 Å². The van der Waals surface area contributed by atoms with Crippen LogP contribution in [0.3, 0.4) is 0 Å². The highest BCUT2D eigenvalue weighted by Crippen LogP contribution is 2.25. The Bertz CT molecular complexity index is 383. The summed E-state index contributed by atoms with van der Waals surface area (Å²) in [5.41, 5.74) is 1.24. The van der Waals surface area contributed by atoms with Crippen molar-refractivity contribution in [2.24, 2.45) is 0 Å². The molecule has 1 aliphatic carbocycles. The third kappa shape index (κ3) is 3.71. The van der Waals surface area contributed by atoms with E-state index in [1.54, 1.807) is 0 Å². The van der Waals surface area contributed by atoms with Gasteiger partial charge in [-0.15, -0.1) is 0 Å². The zero-order valence-electron chi connectivity index (χ0n) is 10.9. The van der Waals surface area contributed by atoms with E-state index in [9.17, 15) is 5.11 Å². The minimum Gasteiger partial charge on any atom is -0.393 e. The van der Waals surface area contributed by atoms with Gasteiger partial charge in [-0.1, -0.05) is 30.7 Å². The largest absolute Gasteiger partial charge is 0.393 e. The molecule has 0 heterocycles. The fourth-order valence-corrected chi connectivity index (χ4v) is 2.97. The number of rotatable bonds is 4. The average molecular weight is 268 g/mol. The normalized spacial score (nSPS) is 25.9. The van der Waals surface area contributed by atoms with E-state index in [-0.39, 0.29) is 6.10 Å². The van der Waals surface area contributed by atoms with Crippen LogP contribution >= 0.6 is 11.6 Å². The molecule has 1 aromatic rings. The minimum atomic E-state index is -0.131. The Hall–Kier alpha value is -0.570. The van der Waals surface area contributed by atoms with Crippen molar-refractivity contribution in [3.8, 4) is 0 Å². The Balaban J connectivity index is 2.00. The lowest BCUT2D eigenvalue weighted by Gasteiger charge is -2.30. The second-order valence-electron chi connectivity index (χ2n) is 5.20. The third-order valence-corrected chi connectivity index (χ3v) is 3.98. The molecule has 0 saturated heterocycles. The summed E-state index contributed by atoms with van der Waals surface area (Å²) in [6.45, 7) is 2.18. The number of aliphatic hydroxyl groups is 1. The Kier molecular flexibility index (Phi) is 5.04. The third-order valence-electron chi connectivity index (χ3n) is 3.74. The average Bonchev–Trinajstić information content (AvgIpc) is 2.36. The molecule has 18 heavy (non-hydrogen) atoms. The minimum absolute atomic E-state index is 0.131. The molecule has 0 aromatic heterocycles. The summed E-state index contributed by atoms with van der Waals surface area (Å²) in [4.78, 5) is 0. The number of benzene rings is 1. The molecule has 0 amide bonds. The van der Waals surface area contributed by atoms with Crippen molar-refractivity contribution in [2.75, 3.05) is 0 Å². The molecule has 2 rings (SSSR count). The van der Waals surface area contributed by atoms with E-state index in [1.807, 2.05) is 18.2 Å². The summed E-state index contributed by atoms with van der Waals surface area (Å²) in [5, 5.41) is 14.2. The summed E-state index contributed by atoms with van der Waals surface area (Å²) < 4.78 is 0. The van der Waals surface area contributed by atoms with Gasteiger partial charge in [0.2, 0.25) is 0 Å². The van der Waals surface area contributed by atoms with Gasteiger partial charge in [-0.2, -0.15) is 0 Å². The molecule has 2 N–H and O–H groups in total. The highest BCUT2D eigenvalue weighted by Gasteiger charge is 2.22. The monoisotopic (exact) mass is 267 g/mol. The van der Waals surface area contributed by atoms with Crippen LogP contribution in [0.5, 0.6) is 0 Å². The number of halogens is 1. The van der Waals surface area contributed by atoms with E-state index in [0.717, 1.165) is 37.1 Å². The van der Waals surface area contributed by atoms with Gasteiger partial charge in [-0.3, -0.25) is 0 Å². The Morgan fingerprint density at radius 1 is 1.44 bits per heavy atom. The Morgan fingerprint density at radius 2 is 2.28 bits per heavy atom. The van der Waals surface area contributed by atoms with Gasteiger partial charge < -0.3 is 10.4 Å². The molecule has 3 heteroatoms. The molecule has 1 fully saturated rings. The molecule has 0 radical (unpaired) electrons. The summed E-state index contributed by atoms with van der Waals surface area (Å²) in [6, 6.07) is 8.81. The van der Waals surface area contributed by atoms with Crippen molar-refractivity contribution < 1.29 is 5.11 Å². The predicted molar refractivity (Wildman–Crippen MR) is 75.9 cm³/mol. The maximum Gasteiger partial charge on any atom is 0.0555 e. The standard InChI is InChI=1S/C15H22ClNO/c1-2-15(11-5-3-6-12(16)9-11)17-13-7-4-8-14(18)10-13/h3,5-6,9,13-15,17-18H,2,4,7-8,10H2,1H3. The molecule has 100 valence electrons. The van der Waals surface area contributed by atoms with Crippen LogP contribution in [0.15, 0.2) is 24.3 Å². The molecule has 0 spiro atoms. The van der Waals surface area contributed by atoms with Crippen LogP contribution in [0.25, 0.3) is 0 Å². The summed E-state index contributed by atoms with van der Waals surface area (Å²) in [6.07, 6.45) is 5.00. The van der Waals surface area contributed by atoms with Crippen LogP contribution in [-0.2, 0) is 0 Å². The quantitative estimate of drug-likeness (QED) is 0.872. The van der Waals surface area contributed by atoms with Gasteiger partial charge in [0, 0.05) is 17.1 Å². The first-order chi connectivity index (χ1) is 8.69.